The summed E-state index contributed by atoms with van der Waals surface area (Å²) in [6.45, 7) is 0. The zero-order valence-electron chi connectivity index (χ0n) is 10.4. The Bertz CT molecular complexity index is 838. The van der Waals surface area contributed by atoms with Gasteiger partial charge < -0.3 is 9.84 Å². The third-order valence-corrected chi connectivity index (χ3v) is 4.03. The number of rotatable bonds is 4. The first-order valence-electron chi connectivity index (χ1n) is 5.70. The number of pyridine rings is 1. The number of sulfonamides is 1. The molecule has 104 valence electrons. The van der Waals surface area contributed by atoms with Crippen molar-refractivity contribution < 1.29 is 12.9 Å². The van der Waals surface area contributed by atoms with Gasteiger partial charge in [-0.15, -0.1) is 0 Å². The maximum Gasteiger partial charge on any atom is 0.282 e. The largest absolute Gasteiger partial charge is 0.371 e. The lowest BCUT2D eigenvalue weighted by Gasteiger charge is -2.06. The van der Waals surface area contributed by atoms with Gasteiger partial charge in [0.05, 0.1) is 0 Å². The minimum atomic E-state index is -3.84. The molecule has 0 saturated heterocycles. The molecular weight excluding hydrogens is 282 g/mol. The fourth-order valence-corrected chi connectivity index (χ4v) is 3.14. The van der Waals surface area contributed by atoms with E-state index in [4.69, 9.17) is 0 Å². The van der Waals surface area contributed by atoms with E-state index in [1.807, 2.05) is 0 Å². The second-order valence-electron chi connectivity index (χ2n) is 3.93. The maximum absolute atomic E-state index is 12.5. The van der Waals surface area contributed by atoms with Crippen molar-refractivity contribution in [3.63, 3.8) is 0 Å². The number of aromatic nitrogens is 3. The molecular formula is C11H11N5O3S. The molecule has 0 aromatic carbocycles. The molecule has 0 aliphatic rings. The molecule has 0 spiro atoms. The molecule has 0 fully saturated rings. The Labute approximate surface area is 114 Å². The van der Waals surface area contributed by atoms with Gasteiger partial charge in [-0.05, 0) is 12.1 Å². The van der Waals surface area contributed by atoms with E-state index in [9.17, 15) is 8.42 Å². The summed E-state index contributed by atoms with van der Waals surface area (Å²) in [7, 11) is -2.24. The van der Waals surface area contributed by atoms with E-state index in [0.29, 0.717) is 5.65 Å². The Morgan fingerprint density at radius 1 is 1.30 bits per heavy atom. The van der Waals surface area contributed by atoms with Crippen LogP contribution in [-0.2, 0) is 10.0 Å². The Balaban J connectivity index is 2.17. The zero-order chi connectivity index (χ0) is 14.2. The summed E-state index contributed by atoms with van der Waals surface area (Å²) in [5.74, 6) is 0.366. The lowest BCUT2D eigenvalue weighted by molar-refractivity contribution is 0.423. The monoisotopic (exact) mass is 293 g/mol. The first-order chi connectivity index (χ1) is 9.62. The molecule has 0 bridgehead atoms. The number of anilines is 2. The summed E-state index contributed by atoms with van der Waals surface area (Å²) in [5.41, 5.74) is 0.525. The van der Waals surface area contributed by atoms with Gasteiger partial charge in [0.2, 0.25) is 5.03 Å². The van der Waals surface area contributed by atoms with Crippen LogP contribution in [-0.4, -0.2) is 30.0 Å². The average molecular weight is 293 g/mol. The van der Waals surface area contributed by atoms with Crippen LogP contribution in [0, 0.1) is 0 Å². The highest BCUT2D eigenvalue weighted by Crippen LogP contribution is 2.24. The van der Waals surface area contributed by atoms with Crippen molar-refractivity contribution in [1.29, 1.82) is 0 Å². The summed E-state index contributed by atoms with van der Waals surface area (Å²) >= 11 is 0. The van der Waals surface area contributed by atoms with Gasteiger partial charge in [-0.3, -0.25) is 9.12 Å². The van der Waals surface area contributed by atoms with Crippen molar-refractivity contribution in [1.82, 2.24) is 14.5 Å². The quantitative estimate of drug-likeness (QED) is 0.748. The average Bonchev–Trinajstić information content (AvgIpc) is 3.04. The number of fused-ring (bicyclic) bond motifs is 1. The van der Waals surface area contributed by atoms with Crippen molar-refractivity contribution in [3.8, 4) is 0 Å². The van der Waals surface area contributed by atoms with E-state index in [2.05, 4.69) is 24.7 Å². The van der Waals surface area contributed by atoms with Crippen LogP contribution in [0.1, 0.15) is 0 Å². The minimum Gasteiger partial charge on any atom is -0.371 e. The van der Waals surface area contributed by atoms with Crippen molar-refractivity contribution in [2.75, 3.05) is 17.1 Å². The SMILES string of the molecule is CNc1nc2ccccn2c1S(=O)(=O)Nc1ccon1. The molecule has 2 N–H and O–H groups in total. The molecule has 0 radical (unpaired) electrons. The summed E-state index contributed by atoms with van der Waals surface area (Å²) in [6.07, 6.45) is 2.91. The summed E-state index contributed by atoms with van der Waals surface area (Å²) in [4.78, 5) is 4.22. The lowest BCUT2D eigenvalue weighted by atomic mass is 10.5. The van der Waals surface area contributed by atoms with Crippen molar-refractivity contribution in [3.05, 3.63) is 36.7 Å². The van der Waals surface area contributed by atoms with Gasteiger partial charge in [0, 0.05) is 19.3 Å². The topological polar surface area (TPSA) is 102 Å². The molecule has 0 saturated carbocycles. The van der Waals surface area contributed by atoms with Crippen LogP contribution in [0.5, 0.6) is 0 Å². The first-order valence-corrected chi connectivity index (χ1v) is 7.18. The van der Waals surface area contributed by atoms with Crippen LogP contribution in [0.4, 0.5) is 11.6 Å². The molecule has 0 atom stereocenters. The maximum atomic E-state index is 12.5. The number of hydrogen-bond donors (Lipinski definition) is 2. The third kappa shape index (κ3) is 1.97. The van der Waals surface area contributed by atoms with Gasteiger partial charge >= 0.3 is 0 Å². The van der Waals surface area contributed by atoms with E-state index in [-0.39, 0.29) is 16.7 Å². The molecule has 0 unspecified atom stereocenters. The van der Waals surface area contributed by atoms with E-state index in [1.54, 1.807) is 31.4 Å². The van der Waals surface area contributed by atoms with E-state index >= 15 is 0 Å². The Kier molecular flexibility index (Phi) is 2.83. The van der Waals surface area contributed by atoms with Crippen LogP contribution in [0.2, 0.25) is 0 Å². The molecule has 20 heavy (non-hydrogen) atoms. The van der Waals surface area contributed by atoms with Gasteiger partial charge in [0.25, 0.3) is 10.0 Å². The highest BCUT2D eigenvalue weighted by molar-refractivity contribution is 7.92. The lowest BCUT2D eigenvalue weighted by Crippen LogP contribution is -2.16. The molecule has 0 amide bonds. The van der Waals surface area contributed by atoms with Crippen LogP contribution >= 0.6 is 0 Å². The summed E-state index contributed by atoms with van der Waals surface area (Å²) < 4.78 is 33.3. The smallest absolute Gasteiger partial charge is 0.282 e. The van der Waals surface area contributed by atoms with Gasteiger partial charge in [-0.2, -0.15) is 8.42 Å². The summed E-state index contributed by atoms with van der Waals surface area (Å²) in [6, 6.07) is 6.64. The Hall–Kier alpha value is -2.55. The molecule has 9 heteroatoms. The number of nitrogens with one attached hydrogen (secondary N) is 2. The molecule has 3 heterocycles. The van der Waals surface area contributed by atoms with Crippen molar-refractivity contribution in [2.45, 2.75) is 5.03 Å². The third-order valence-electron chi connectivity index (χ3n) is 2.65. The second kappa shape index (κ2) is 4.53. The standard InChI is InChI=1S/C11H11N5O3S/c1-12-10-11(16-6-3-2-4-9(16)13-10)20(17,18)15-8-5-7-19-14-8/h2-7,12H,1H3,(H,14,15). The van der Waals surface area contributed by atoms with Crippen LogP contribution < -0.4 is 10.0 Å². The molecule has 3 aromatic heterocycles. The molecule has 0 aliphatic carbocycles. The molecule has 8 nitrogen and oxygen atoms in total. The van der Waals surface area contributed by atoms with Crippen LogP contribution in [0.15, 0.2) is 46.3 Å². The van der Waals surface area contributed by atoms with Crippen molar-refractivity contribution >= 4 is 27.3 Å². The predicted molar refractivity (Wildman–Crippen MR) is 72.1 cm³/mol. The molecule has 0 aliphatic heterocycles. The van der Waals surface area contributed by atoms with Gasteiger partial charge in [0.15, 0.2) is 11.6 Å². The van der Waals surface area contributed by atoms with E-state index < -0.39 is 10.0 Å². The van der Waals surface area contributed by atoms with E-state index in [1.165, 1.54) is 16.7 Å². The predicted octanol–water partition coefficient (Wildman–Crippen LogP) is 1.16. The van der Waals surface area contributed by atoms with Gasteiger partial charge in [-0.1, -0.05) is 11.2 Å². The number of hydrogen-bond acceptors (Lipinski definition) is 6. The summed E-state index contributed by atoms with van der Waals surface area (Å²) in [5, 5.41) is 6.32. The fourth-order valence-electron chi connectivity index (χ4n) is 1.84. The highest BCUT2D eigenvalue weighted by atomic mass is 32.2. The molecule has 3 aromatic rings. The van der Waals surface area contributed by atoms with Gasteiger partial charge in [0.1, 0.15) is 11.9 Å². The molecule has 3 rings (SSSR count). The normalized spacial score (nSPS) is 11.7. The van der Waals surface area contributed by atoms with Gasteiger partial charge in [-0.25, -0.2) is 4.98 Å². The second-order valence-corrected chi connectivity index (χ2v) is 5.53. The fraction of sp³-hybridized carbons (Fsp3) is 0.0909. The highest BCUT2D eigenvalue weighted by Gasteiger charge is 2.25. The number of nitrogens with zero attached hydrogens (tertiary/aromatic N) is 3. The minimum absolute atomic E-state index is 0.0126. The first kappa shape index (κ1) is 12.5. The Morgan fingerprint density at radius 3 is 2.85 bits per heavy atom. The zero-order valence-corrected chi connectivity index (χ0v) is 11.3. The van der Waals surface area contributed by atoms with Crippen LogP contribution in [0.25, 0.3) is 5.65 Å². The van der Waals surface area contributed by atoms with E-state index in [0.717, 1.165) is 0 Å². The Morgan fingerprint density at radius 2 is 2.15 bits per heavy atom. The van der Waals surface area contributed by atoms with Crippen LogP contribution in [0.3, 0.4) is 0 Å². The number of imidazole rings is 1. The van der Waals surface area contributed by atoms with Crippen molar-refractivity contribution in [2.24, 2.45) is 0 Å².